The van der Waals surface area contributed by atoms with Gasteiger partial charge in [0.15, 0.2) is 0 Å². The number of rotatable bonds is 4. The van der Waals surface area contributed by atoms with Gasteiger partial charge < -0.3 is 0 Å². The maximum absolute atomic E-state index is 13.4. The summed E-state index contributed by atoms with van der Waals surface area (Å²) in [5.74, 6) is 0. The molecule has 2 aromatic rings. The summed E-state index contributed by atoms with van der Waals surface area (Å²) in [6.07, 6.45) is -2.04. The van der Waals surface area contributed by atoms with Crippen LogP contribution in [0.15, 0.2) is 23.6 Å². The quantitative estimate of drug-likeness (QED) is 0.815. The number of halogens is 3. The predicted octanol–water partition coefficient (Wildman–Crippen LogP) is 4.75. The fourth-order valence-corrected chi connectivity index (χ4v) is 2.66. The Morgan fingerprint density at radius 2 is 2.16 bits per heavy atom. The standard InChI is InChI=1S/C10H5Cl2FNO3PS/c11-6-2-1-5(3-7(6)12)10-14-8(4-19-10)9(13)17-18(15)16/h1-4,9H/p+1. The van der Waals surface area contributed by atoms with Crippen LogP contribution in [0, 0.1) is 0 Å². The highest BCUT2D eigenvalue weighted by molar-refractivity contribution is 7.32. The van der Waals surface area contributed by atoms with E-state index in [1.54, 1.807) is 18.2 Å². The van der Waals surface area contributed by atoms with E-state index in [0.29, 0.717) is 20.6 Å². The van der Waals surface area contributed by atoms with E-state index in [0.717, 1.165) is 11.3 Å². The van der Waals surface area contributed by atoms with Crippen LogP contribution in [0.2, 0.25) is 10.0 Å². The molecule has 2 rings (SSSR count). The number of aromatic nitrogens is 1. The first-order valence-corrected chi connectivity index (χ1v) is 7.62. The number of hydrogen-bond donors (Lipinski definition) is 1. The molecule has 1 aromatic heterocycles. The summed E-state index contributed by atoms with van der Waals surface area (Å²) in [4.78, 5) is 12.4. The molecule has 1 aromatic carbocycles. The van der Waals surface area contributed by atoms with E-state index in [9.17, 15) is 8.96 Å². The van der Waals surface area contributed by atoms with Gasteiger partial charge in [0.2, 0.25) is 0 Å². The van der Waals surface area contributed by atoms with Gasteiger partial charge >= 0.3 is 8.25 Å². The summed E-state index contributed by atoms with van der Waals surface area (Å²) >= 11 is 12.8. The van der Waals surface area contributed by atoms with Gasteiger partial charge in [-0.3, -0.25) is 0 Å². The van der Waals surface area contributed by atoms with Gasteiger partial charge in [0.25, 0.3) is 6.36 Å². The van der Waals surface area contributed by atoms with Crippen LogP contribution in [0.4, 0.5) is 4.39 Å². The Balaban J connectivity index is 2.25. The third kappa shape index (κ3) is 3.69. The van der Waals surface area contributed by atoms with Crippen LogP contribution in [0.3, 0.4) is 0 Å². The summed E-state index contributed by atoms with van der Waals surface area (Å²) in [6, 6.07) is 4.90. The lowest BCUT2D eigenvalue weighted by Gasteiger charge is -1.99. The van der Waals surface area contributed by atoms with Crippen molar-refractivity contribution in [1.29, 1.82) is 0 Å². The highest BCUT2D eigenvalue weighted by Crippen LogP contribution is 2.34. The fraction of sp³-hybridized carbons (Fsp3) is 0.100. The minimum atomic E-state index is -3.02. The first-order valence-electron chi connectivity index (χ1n) is 4.85. The predicted molar refractivity (Wildman–Crippen MR) is 72.3 cm³/mol. The van der Waals surface area contributed by atoms with E-state index < -0.39 is 14.6 Å². The molecule has 0 saturated heterocycles. The highest BCUT2D eigenvalue weighted by Gasteiger charge is 2.26. The van der Waals surface area contributed by atoms with Crippen LogP contribution in [-0.4, -0.2) is 9.88 Å². The zero-order chi connectivity index (χ0) is 14.0. The van der Waals surface area contributed by atoms with Crippen molar-refractivity contribution in [2.45, 2.75) is 6.36 Å². The van der Waals surface area contributed by atoms with Gasteiger partial charge in [0.05, 0.1) is 10.0 Å². The lowest BCUT2D eigenvalue weighted by atomic mass is 10.2. The Labute approximate surface area is 122 Å². The second-order valence-electron chi connectivity index (χ2n) is 3.37. The highest BCUT2D eigenvalue weighted by atomic mass is 35.5. The number of alkyl halides is 1. The van der Waals surface area contributed by atoms with Crippen molar-refractivity contribution in [3.8, 4) is 10.6 Å². The van der Waals surface area contributed by atoms with Crippen LogP contribution >= 0.6 is 42.8 Å². The molecule has 4 nitrogen and oxygen atoms in total. The molecule has 0 spiro atoms. The molecular formula is C10H6Cl2FNO3PS+. The number of thiazole rings is 1. The Morgan fingerprint density at radius 1 is 1.42 bits per heavy atom. The van der Waals surface area contributed by atoms with Crippen molar-refractivity contribution in [2.24, 2.45) is 0 Å². The number of hydrogen-bond acceptors (Lipinski definition) is 4. The van der Waals surface area contributed by atoms with Crippen molar-refractivity contribution in [3.05, 3.63) is 39.3 Å². The van der Waals surface area contributed by atoms with Gasteiger partial charge in [-0.05, 0) is 12.1 Å². The van der Waals surface area contributed by atoms with E-state index in [1.807, 2.05) is 0 Å². The minimum Gasteiger partial charge on any atom is -0.235 e. The molecule has 2 atom stereocenters. The van der Waals surface area contributed by atoms with Gasteiger partial charge in [0.1, 0.15) is 10.7 Å². The Morgan fingerprint density at radius 3 is 2.79 bits per heavy atom. The molecule has 0 amide bonds. The van der Waals surface area contributed by atoms with Crippen molar-refractivity contribution in [3.63, 3.8) is 0 Å². The molecule has 0 bridgehead atoms. The molecule has 1 N–H and O–H groups in total. The number of nitrogens with zero attached hydrogens (tertiary/aromatic N) is 1. The third-order valence-electron chi connectivity index (χ3n) is 2.10. The largest absolute Gasteiger partial charge is 0.698 e. The smallest absolute Gasteiger partial charge is 0.235 e. The maximum Gasteiger partial charge on any atom is 0.698 e. The Bertz CT molecular complexity index is 625. The average molecular weight is 341 g/mol. The molecule has 2 unspecified atom stereocenters. The summed E-state index contributed by atoms with van der Waals surface area (Å²) in [6.45, 7) is 0. The van der Waals surface area contributed by atoms with Gasteiger partial charge in [-0.1, -0.05) is 33.8 Å². The van der Waals surface area contributed by atoms with Crippen molar-refractivity contribution < 1.29 is 18.4 Å². The van der Waals surface area contributed by atoms with Crippen molar-refractivity contribution in [2.75, 3.05) is 0 Å². The van der Waals surface area contributed by atoms with Crippen molar-refractivity contribution in [1.82, 2.24) is 4.98 Å². The van der Waals surface area contributed by atoms with E-state index >= 15 is 0 Å². The normalized spacial score (nSPS) is 13.4. The van der Waals surface area contributed by atoms with E-state index in [4.69, 9.17) is 28.1 Å². The summed E-state index contributed by atoms with van der Waals surface area (Å²) in [7, 11) is -3.02. The number of benzene rings is 1. The van der Waals surface area contributed by atoms with Gasteiger partial charge in [-0.25, -0.2) is 9.37 Å². The molecule has 19 heavy (non-hydrogen) atoms. The first-order chi connectivity index (χ1) is 8.97. The fourth-order valence-electron chi connectivity index (χ4n) is 1.29. The van der Waals surface area contributed by atoms with Crippen LogP contribution in [-0.2, 0) is 9.09 Å². The summed E-state index contributed by atoms with van der Waals surface area (Å²) in [5, 5.41) is 2.68. The summed E-state index contributed by atoms with van der Waals surface area (Å²) in [5.41, 5.74) is 0.606. The van der Waals surface area contributed by atoms with Gasteiger partial charge in [0, 0.05) is 15.5 Å². The lowest BCUT2D eigenvalue weighted by Crippen LogP contribution is -1.92. The SMILES string of the molecule is O=[P+](O)OC(F)c1csc(-c2ccc(Cl)c(Cl)c2)n1. The molecule has 0 aliphatic rings. The molecule has 0 radical (unpaired) electrons. The van der Waals surface area contributed by atoms with Crippen LogP contribution in [0.1, 0.15) is 12.1 Å². The van der Waals surface area contributed by atoms with E-state index in [-0.39, 0.29) is 5.69 Å². The maximum atomic E-state index is 13.4. The third-order valence-corrected chi connectivity index (χ3v) is 4.12. The van der Waals surface area contributed by atoms with E-state index in [1.165, 1.54) is 5.38 Å². The average Bonchev–Trinajstić information content (AvgIpc) is 2.81. The zero-order valence-corrected chi connectivity index (χ0v) is 12.3. The summed E-state index contributed by atoms with van der Waals surface area (Å²) < 4.78 is 27.9. The van der Waals surface area contributed by atoms with Crippen molar-refractivity contribution >= 4 is 42.8 Å². The molecule has 0 fully saturated rings. The lowest BCUT2D eigenvalue weighted by molar-refractivity contribution is 0.0602. The van der Waals surface area contributed by atoms with Gasteiger partial charge in [-0.15, -0.1) is 16.2 Å². The zero-order valence-electron chi connectivity index (χ0n) is 9.09. The van der Waals surface area contributed by atoms with E-state index in [2.05, 4.69) is 9.51 Å². The molecule has 0 aliphatic carbocycles. The molecule has 1 heterocycles. The monoisotopic (exact) mass is 340 g/mol. The Hall–Kier alpha value is -0.620. The second-order valence-corrected chi connectivity index (χ2v) is 5.72. The second kappa shape index (κ2) is 6.22. The van der Waals surface area contributed by atoms with Crippen LogP contribution in [0.5, 0.6) is 0 Å². The van der Waals surface area contributed by atoms with Crippen LogP contribution < -0.4 is 0 Å². The molecule has 0 saturated carbocycles. The molecule has 9 heteroatoms. The van der Waals surface area contributed by atoms with Crippen LogP contribution in [0.25, 0.3) is 10.6 Å². The topological polar surface area (TPSA) is 59.4 Å². The Kier molecular flexibility index (Phi) is 4.84. The molecule has 0 aliphatic heterocycles. The minimum absolute atomic E-state index is 0.0662. The molecular weight excluding hydrogens is 335 g/mol. The molecule has 100 valence electrons. The first kappa shape index (κ1) is 14.8. The van der Waals surface area contributed by atoms with Gasteiger partial charge in [-0.2, -0.15) is 0 Å².